The van der Waals surface area contributed by atoms with Crippen LogP contribution in [-0.2, 0) is 15.7 Å². The molecule has 35 heavy (non-hydrogen) atoms. The van der Waals surface area contributed by atoms with Gasteiger partial charge in [-0.25, -0.2) is 4.98 Å². The highest BCUT2D eigenvalue weighted by atomic mass is 35.5. The topological polar surface area (TPSA) is 76.6 Å². The highest BCUT2D eigenvalue weighted by Gasteiger charge is 2.33. The molecule has 0 radical (unpaired) electrons. The number of amides is 1. The van der Waals surface area contributed by atoms with Crippen LogP contribution in [0.15, 0.2) is 60.8 Å². The lowest BCUT2D eigenvalue weighted by Gasteiger charge is -2.26. The van der Waals surface area contributed by atoms with Gasteiger partial charge in [0.25, 0.3) is 0 Å². The number of anilines is 2. The Hall–Kier alpha value is -3.63. The van der Waals surface area contributed by atoms with Crippen LogP contribution in [0.25, 0.3) is 6.08 Å². The third-order valence-corrected chi connectivity index (χ3v) is 5.29. The molecule has 2 heterocycles. The Morgan fingerprint density at radius 1 is 1.14 bits per heavy atom. The molecule has 11 heteroatoms. The van der Waals surface area contributed by atoms with Gasteiger partial charge in [-0.05, 0) is 42.0 Å². The maximum absolute atomic E-state index is 13.0. The van der Waals surface area contributed by atoms with Crippen molar-refractivity contribution in [3.63, 3.8) is 0 Å². The van der Waals surface area contributed by atoms with Crippen molar-refractivity contribution in [3.05, 3.63) is 77.0 Å². The van der Waals surface area contributed by atoms with Gasteiger partial charge in [0, 0.05) is 37.1 Å². The predicted octanol–water partition coefficient (Wildman–Crippen LogP) is 5.43. The van der Waals surface area contributed by atoms with Crippen LogP contribution < -0.4 is 15.0 Å². The zero-order valence-electron chi connectivity index (χ0n) is 18.3. The molecule has 182 valence electrons. The summed E-state index contributed by atoms with van der Waals surface area (Å²) < 4.78 is 50.2. The third-order valence-electron chi connectivity index (χ3n) is 4.96. The number of halogens is 4. The molecule has 0 unspecified atom stereocenters. The summed E-state index contributed by atoms with van der Waals surface area (Å²) in [5.41, 5.74) is -0.396. The van der Waals surface area contributed by atoms with E-state index in [1.54, 1.807) is 36.5 Å². The van der Waals surface area contributed by atoms with E-state index in [2.05, 4.69) is 15.3 Å². The van der Waals surface area contributed by atoms with Gasteiger partial charge in [0.05, 0.1) is 23.8 Å². The summed E-state index contributed by atoms with van der Waals surface area (Å²) in [6.07, 6.45) is -0.285. The lowest BCUT2D eigenvalue weighted by atomic mass is 10.2. The summed E-state index contributed by atoms with van der Waals surface area (Å²) in [5.74, 6) is 0.808. The quantitative estimate of drug-likeness (QED) is 0.451. The van der Waals surface area contributed by atoms with Gasteiger partial charge in [-0.15, -0.1) is 0 Å². The summed E-state index contributed by atoms with van der Waals surface area (Å²) in [4.78, 5) is 22.9. The van der Waals surface area contributed by atoms with Gasteiger partial charge >= 0.3 is 6.18 Å². The minimum atomic E-state index is -4.62. The van der Waals surface area contributed by atoms with Crippen LogP contribution in [0.3, 0.4) is 0 Å². The summed E-state index contributed by atoms with van der Waals surface area (Å²) >= 11 is 5.61. The number of nitrogens with one attached hydrogen (secondary N) is 1. The van der Waals surface area contributed by atoms with E-state index in [4.69, 9.17) is 21.1 Å². The second-order valence-corrected chi connectivity index (χ2v) is 7.89. The van der Waals surface area contributed by atoms with E-state index >= 15 is 0 Å². The molecule has 1 amide bonds. The average molecular weight is 505 g/mol. The van der Waals surface area contributed by atoms with Gasteiger partial charge in [0.1, 0.15) is 5.75 Å². The SMILES string of the molecule is O=C(/C=C/c1cccc(Oc2ccnc(N3CCOCC3)n2)c1)Nc1ccc(Cl)c(C(F)(F)F)c1. The predicted molar refractivity (Wildman–Crippen MR) is 126 cm³/mol. The number of morpholine rings is 1. The number of hydrogen-bond acceptors (Lipinski definition) is 6. The number of benzene rings is 2. The monoisotopic (exact) mass is 504 g/mol. The number of aromatic nitrogens is 2. The molecule has 1 aliphatic heterocycles. The fourth-order valence-electron chi connectivity index (χ4n) is 3.28. The van der Waals surface area contributed by atoms with Crippen molar-refractivity contribution in [1.29, 1.82) is 0 Å². The van der Waals surface area contributed by atoms with E-state index in [1.807, 2.05) is 4.90 Å². The smallest absolute Gasteiger partial charge is 0.417 e. The van der Waals surface area contributed by atoms with Crippen molar-refractivity contribution < 1.29 is 27.4 Å². The Labute approximate surface area is 204 Å². The number of rotatable bonds is 6. The first-order valence-corrected chi connectivity index (χ1v) is 11.0. The first-order chi connectivity index (χ1) is 16.8. The Kier molecular flexibility index (Phi) is 7.52. The molecule has 3 aromatic rings. The molecule has 1 aromatic heterocycles. The van der Waals surface area contributed by atoms with Gasteiger partial charge in [-0.3, -0.25) is 4.79 Å². The number of hydrogen-bond donors (Lipinski definition) is 1. The molecular weight excluding hydrogens is 485 g/mol. The number of ether oxygens (including phenoxy) is 2. The first-order valence-electron chi connectivity index (χ1n) is 10.6. The molecular formula is C24H20ClF3N4O3. The minimum absolute atomic E-state index is 0.0201. The summed E-state index contributed by atoms with van der Waals surface area (Å²) in [6.45, 7) is 2.61. The van der Waals surface area contributed by atoms with Crippen molar-refractivity contribution >= 4 is 35.2 Å². The van der Waals surface area contributed by atoms with E-state index < -0.39 is 22.7 Å². The largest absolute Gasteiger partial charge is 0.439 e. The van der Waals surface area contributed by atoms with Crippen molar-refractivity contribution in [2.45, 2.75) is 6.18 Å². The number of carbonyl (C=O) groups is 1. The molecule has 0 saturated carbocycles. The van der Waals surface area contributed by atoms with Crippen molar-refractivity contribution in [3.8, 4) is 11.6 Å². The molecule has 7 nitrogen and oxygen atoms in total. The van der Waals surface area contributed by atoms with Crippen LogP contribution in [0.2, 0.25) is 5.02 Å². The summed E-state index contributed by atoms with van der Waals surface area (Å²) in [7, 11) is 0. The second kappa shape index (κ2) is 10.7. The molecule has 0 spiro atoms. The van der Waals surface area contributed by atoms with Crippen LogP contribution in [0.4, 0.5) is 24.8 Å². The molecule has 0 bridgehead atoms. The van der Waals surface area contributed by atoms with E-state index in [0.717, 1.165) is 12.1 Å². The summed E-state index contributed by atoms with van der Waals surface area (Å²) in [5, 5.41) is 1.96. The average Bonchev–Trinajstić information content (AvgIpc) is 2.84. The Bertz CT molecular complexity index is 1230. The van der Waals surface area contributed by atoms with Gasteiger partial charge in [-0.2, -0.15) is 18.2 Å². The van der Waals surface area contributed by atoms with Crippen LogP contribution in [0.1, 0.15) is 11.1 Å². The maximum Gasteiger partial charge on any atom is 0.417 e. The molecule has 0 atom stereocenters. The highest BCUT2D eigenvalue weighted by molar-refractivity contribution is 6.31. The minimum Gasteiger partial charge on any atom is -0.439 e. The number of nitrogens with zero attached hydrogens (tertiary/aromatic N) is 3. The first kappa shape index (κ1) is 24.5. The molecule has 1 aliphatic rings. The Balaban J connectivity index is 1.40. The molecule has 0 aliphatic carbocycles. The fraction of sp³-hybridized carbons (Fsp3) is 0.208. The third kappa shape index (κ3) is 6.71. The summed E-state index contributed by atoms with van der Waals surface area (Å²) in [6, 6.07) is 11.7. The van der Waals surface area contributed by atoms with Crippen LogP contribution >= 0.6 is 11.6 Å². The number of carbonyl (C=O) groups excluding carboxylic acids is 1. The molecule has 1 saturated heterocycles. The van der Waals surface area contributed by atoms with Crippen molar-refractivity contribution in [2.24, 2.45) is 0 Å². The van der Waals surface area contributed by atoms with Crippen molar-refractivity contribution in [2.75, 3.05) is 36.5 Å². The van der Waals surface area contributed by atoms with Gasteiger partial charge in [0.15, 0.2) is 0 Å². The second-order valence-electron chi connectivity index (χ2n) is 7.48. The highest BCUT2D eigenvalue weighted by Crippen LogP contribution is 2.36. The van der Waals surface area contributed by atoms with Crippen LogP contribution in [0.5, 0.6) is 11.6 Å². The normalized spacial score (nSPS) is 14.2. The Morgan fingerprint density at radius 2 is 1.94 bits per heavy atom. The molecule has 1 fully saturated rings. The van der Waals surface area contributed by atoms with Crippen LogP contribution in [0, 0.1) is 0 Å². The molecule has 1 N–H and O–H groups in total. The van der Waals surface area contributed by atoms with E-state index in [9.17, 15) is 18.0 Å². The maximum atomic E-state index is 13.0. The molecule has 2 aromatic carbocycles. The van der Waals surface area contributed by atoms with Crippen molar-refractivity contribution in [1.82, 2.24) is 9.97 Å². The zero-order valence-corrected chi connectivity index (χ0v) is 19.0. The van der Waals surface area contributed by atoms with E-state index in [1.165, 1.54) is 18.2 Å². The van der Waals surface area contributed by atoms with E-state index in [0.29, 0.717) is 49.4 Å². The fourth-order valence-corrected chi connectivity index (χ4v) is 3.51. The molecule has 4 rings (SSSR count). The van der Waals surface area contributed by atoms with E-state index in [-0.39, 0.29) is 5.69 Å². The zero-order chi connectivity index (χ0) is 24.8. The van der Waals surface area contributed by atoms with Gasteiger partial charge in [-0.1, -0.05) is 23.7 Å². The lowest BCUT2D eigenvalue weighted by molar-refractivity contribution is -0.137. The van der Waals surface area contributed by atoms with Gasteiger partial charge < -0.3 is 19.7 Å². The van der Waals surface area contributed by atoms with Gasteiger partial charge in [0.2, 0.25) is 17.7 Å². The Morgan fingerprint density at radius 3 is 2.71 bits per heavy atom. The standard InChI is InChI=1S/C24H20ClF3N4O3/c25-20-6-5-17(15-19(20)24(26,27)28)30-21(33)7-4-16-2-1-3-18(14-16)35-22-8-9-29-23(31-22)32-10-12-34-13-11-32/h1-9,14-15H,10-13H2,(H,30,33)/b7-4+. The lowest BCUT2D eigenvalue weighted by Crippen LogP contribution is -2.37. The van der Waals surface area contributed by atoms with Crippen LogP contribution in [-0.4, -0.2) is 42.2 Å². The number of alkyl halides is 3.